The second-order valence-electron chi connectivity index (χ2n) is 5.37. The number of ether oxygens (including phenoxy) is 1. The average molecular weight is 324 g/mol. The fourth-order valence-corrected chi connectivity index (χ4v) is 2.48. The van der Waals surface area contributed by atoms with E-state index >= 15 is 0 Å². The van der Waals surface area contributed by atoms with Crippen LogP contribution in [0, 0.1) is 0 Å². The molecule has 0 unspecified atom stereocenters. The minimum Gasteiger partial charge on any atom is -0.447 e. The topological polar surface area (TPSA) is 75.7 Å². The first-order valence-electron chi connectivity index (χ1n) is 7.52. The molecule has 0 saturated carbocycles. The van der Waals surface area contributed by atoms with Crippen LogP contribution in [0.2, 0.25) is 0 Å². The number of anilines is 2. The van der Waals surface area contributed by atoms with Crippen LogP contribution in [0.25, 0.3) is 0 Å². The summed E-state index contributed by atoms with van der Waals surface area (Å²) in [6, 6.07) is 13.5. The molecule has 0 radical (unpaired) electrons. The van der Waals surface area contributed by atoms with E-state index in [1.54, 1.807) is 48.5 Å². The molecule has 6 nitrogen and oxygen atoms in total. The summed E-state index contributed by atoms with van der Waals surface area (Å²) in [5.41, 5.74) is 2.09. The Labute approximate surface area is 139 Å². The van der Waals surface area contributed by atoms with Gasteiger partial charge in [-0.15, -0.1) is 0 Å². The molecule has 2 aromatic carbocycles. The van der Waals surface area contributed by atoms with Gasteiger partial charge >= 0.3 is 6.09 Å². The van der Waals surface area contributed by atoms with Crippen molar-refractivity contribution in [3.8, 4) is 0 Å². The van der Waals surface area contributed by atoms with E-state index in [4.69, 9.17) is 4.74 Å². The van der Waals surface area contributed by atoms with Crippen LogP contribution in [-0.2, 0) is 4.74 Å². The zero-order chi connectivity index (χ0) is 17.1. The number of nitrogens with zero attached hydrogens (tertiary/aromatic N) is 1. The molecule has 122 valence electrons. The SMILES string of the molecule is CC(=O)c1ccc(C(=O)Nc2ccccc2N2CCOC2=O)cc1. The van der Waals surface area contributed by atoms with Gasteiger partial charge in [-0.05, 0) is 31.2 Å². The lowest BCUT2D eigenvalue weighted by atomic mass is 10.1. The molecule has 1 saturated heterocycles. The molecular formula is C18H16N2O4. The molecule has 0 aromatic heterocycles. The molecule has 0 aliphatic carbocycles. The summed E-state index contributed by atoms with van der Waals surface area (Å²) in [7, 11) is 0. The first-order valence-corrected chi connectivity index (χ1v) is 7.52. The van der Waals surface area contributed by atoms with Gasteiger partial charge in [0.2, 0.25) is 0 Å². The predicted molar refractivity (Wildman–Crippen MR) is 89.5 cm³/mol. The van der Waals surface area contributed by atoms with E-state index in [0.717, 1.165) is 0 Å². The van der Waals surface area contributed by atoms with Crippen LogP contribution >= 0.6 is 0 Å². The Morgan fingerprint density at radius 1 is 1.04 bits per heavy atom. The second-order valence-corrected chi connectivity index (χ2v) is 5.37. The van der Waals surface area contributed by atoms with Gasteiger partial charge in [0.05, 0.1) is 17.9 Å². The van der Waals surface area contributed by atoms with E-state index in [1.165, 1.54) is 11.8 Å². The van der Waals surface area contributed by atoms with E-state index < -0.39 is 6.09 Å². The Hall–Kier alpha value is -3.15. The number of benzene rings is 2. The highest BCUT2D eigenvalue weighted by Gasteiger charge is 2.26. The molecular weight excluding hydrogens is 308 g/mol. The average Bonchev–Trinajstić information content (AvgIpc) is 3.01. The fourth-order valence-electron chi connectivity index (χ4n) is 2.48. The molecule has 24 heavy (non-hydrogen) atoms. The fraction of sp³-hybridized carbons (Fsp3) is 0.167. The molecule has 0 bridgehead atoms. The quantitative estimate of drug-likeness (QED) is 0.877. The van der Waals surface area contributed by atoms with Gasteiger partial charge in [0.1, 0.15) is 6.61 Å². The summed E-state index contributed by atoms with van der Waals surface area (Å²) in [5.74, 6) is -0.370. The highest BCUT2D eigenvalue weighted by molar-refractivity contribution is 6.07. The third kappa shape index (κ3) is 3.12. The largest absolute Gasteiger partial charge is 0.447 e. The van der Waals surface area contributed by atoms with E-state index in [-0.39, 0.29) is 11.7 Å². The summed E-state index contributed by atoms with van der Waals surface area (Å²) in [4.78, 5) is 36.9. The molecule has 2 amide bonds. The number of nitrogens with one attached hydrogen (secondary N) is 1. The monoisotopic (exact) mass is 324 g/mol. The number of carbonyl (C=O) groups excluding carboxylic acids is 3. The minimum atomic E-state index is -0.428. The lowest BCUT2D eigenvalue weighted by Crippen LogP contribution is -2.25. The molecule has 1 aliphatic rings. The molecule has 3 rings (SSSR count). The maximum absolute atomic E-state index is 12.4. The Morgan fingerprint density at radius 3 is 2.33 bits per heavy atom. The van der Waals surface area contributed by atoms with Gasteiger partial charge in [0.15, 0.2) is 5.78 Å². The van der Waals surface area contributed by atoms with Crippen LogP contribution in [-0.4, -0.2) is 30.9 Å². The molecule has 1 heterocycles. The van der Waals surface area contributed by atoms with Crippen LogP contribution in [0.3, 0.4) is 0 Å². The number of cyclic esters (lactones) is 1. The zero-order valence-corrected chi connectivity index (χ0v) is 13.1. The van der Waals surface area contributed by atoms with Crippen molar-refractivity contribution in [1.29, 1.82) is 0 Å². The summed E-state index contributed by atoms with van der Waals surface area (Å²) >= 11 is 0. The number of hydrogen-bond acceptors (Lipinski definition) is 4. The number of hydrogen-bond donors (Lipinski definition) is 1. The van der Waals surface area contributed by atoms with Gasteiger partial charge < -0.3 is 10.1 Å². The number of rotatable bonds is 4. The Bertz CT molecular complexity index is 799. The van der Waals surface area contributed by atoms with Crippen LogP contribution in [0.5, 0.6) is 0 Å². The lowest BCUT2D eigenvalue weighted by Gasteiger charge is -2.17. The lowest BCUT2D eigenvalue weighted by molar-refractivity contribution is 0.101. The van der Waals surface area contributed by atoms with Gasteiger partial charge in [-0.1, -0.05) is 24.3 Å². The predicted octanol–water partition coefficient (Wildman–Crippen LogP) is 3.10. The molecule has 1 N–H and O–H groups in total. The third-order valence-corrected chi connectivity index (χ3v) is 3.76. The van der Waals surface area contributed by atoms with Gasteiger partial charge in [-0.2, -0.15) is 0 Å². The van der Waals surface area contributed by atoms with Gasteiger partial charge in [0.25, 0.3) is 5.91 Å². The van der Waals surface area contributed by atoms with Crippen molar-refractivity contribution < 1.29 is 19.1 Å². The van der Waals surface area contributed by atoms with E-state index in [2.05, 4.69) is 5.32 Å². The molecule has 1 fully saturated rings. The van der Waals surface area contributed by atoms with Crippen molar-refractivity contribution in [1.82, 2.24) is 0 Å². The van der Waals surface area contributed by atoms with Crippen molar-refractivity contribution in [2.45, 2.75) is 6.92 Å². The zero-order valence-electron chi connectivity index (χ0n) is 13.1. The van der Waals surface area contributed by atoms with Crippen LogP contribution in [0.1, 0.15) is 27.6 Å². The van der Waals surface area contributed by atoms with Crippen molar-refractivity contribution in [3.05, 3.63) is 59.7 Å². The standard InChI is InChI=1S/C18H16N2O4/c1-12(21)13-6-8-14(9-7-13)17(22)19-15-4-2-3-5-16(15)20-10-11-24-18(20)23/h2-9H,10-11H2,1H3,(H,19,22). The van der Waals surface area contributed by atoms with E-state index in [9.17, 15) is 14.4 Å². The van der Waals surface area contributed by atoms with Crippen LogP contribution in [0.15, 0.2) is 48.5 Å². The Balaban J connectivity index is 1.82. The third-order valence-electron chi connectivity index (χ3n) is 3.76. The van der Waals surface area contributed by atoms with Crippen LogP contribution in [0.4, 0.5) is 16.2 Å². The summed E-state index contributed by atoms with van der Waals surface area (Å²) < 4.78 is 4.94. The van der Waals surface area contributed by atoms with Gasteiger partial charge in [0, 0.05) is 11.1 Å². The van der Waals surface area contributed by atoms with Gasteiger partial charge in [-0.25, -0.2) is 4.79 Å². The highest BCUT2D eigenvalue weighted by atomic mass is 16.6. The van der Waals surface area contributed by atoms with Crippen molar-refractivity contribution >= 4 is 29.2 Å². The molecule has 0 atom stereocenters. The maximum Gasteiger partial charge on any atom is 0.414 e. The number of para-hydroxylation sites is 2. The van der Waals surface area contributed by atoms with Crippen LogP contribution < -0.4 is 10.2 Å². The molecule has 6 heteroatoms. The molecule has 1 aliphatic heterocycles. The minimum absolute atomic E-state index is 0.0557. The second kappa shape index (κ2) is 6.54. The van der Waals surface area contributed by atoms with E-state index in [0.29, 0.717) is 35.7 Å². The smallest absolute Gasteiger partial charge is 0.414 e. The normalized spacial score (nSPS) is 13.5. The van der Waals surface area contributed by atoms with Crippen molar-refractivity contribution in [3.63, 3.8) is 0 Å². The number of Topliss-reactive ketones (excluding diaryl/α,β-unsaturated/α-hetero) is 1. The van der Waals surface area contributed by atoms with Gasteiger partial charge in [-0.3, -0.25) is 14.5 Å². The van der Waals surface area contributed by atoms with Crippen molar-refractivity contribution in [2.75, 3.05) is 23.4 Å². The maximum atomic E-state index is 12.4. The molecule has 0 spiro atoms. The Kier molecular flexibility index (Phi) is 4.29. The number of carbonyl (C=O) groups is 3. The van der Waals surface area contributed by atoms with E-state index in [1.807, 2.05) is 0 Å². The highest BCUT2D eigenvalue weighted by Crippen LogP contribution is 2.28. The first kappa shape index (κ1) is 15.7. The van der Waals surface area contributed by atoms with Crippen molar-refractivity contribution in [2.24, 2.45) is 0 Å². The first-order chi connectivity index (χ1) is 11.6. The summed E-state index contributed by atoms with van der Waals surface area (Å²) in [6.07, 6.45) is -0.428. The number of ketones is 1. The molecule has 2 aromatic rings. The summed E-state index contributed by atoms with van der Waals surface area (Å²) in [6.45, 7) is 2.24. The summed E-state index contributed by atoms with van der Waals surface area (Å²) in [5, 5.41) is 2.80. The Morgan fingerprint density at radius 2 is 1.71 bits per heavy atom. The number of amides is 2.